The molecule has 0 aliphatic carbocycles. The number of aromatic nitrogens is 1. The van der Waals surface area contributed by atoms with Crippen molar-refractivity contribution in [1.29, 1.82) is 0 Å². The van der Waals surface area contributed by atoms with E-state index < -0.39 is 17.1 Å². The molecule has 0 radical (unpaired) electrons. The van der Waals surface area contributed by atoms with Crippen LogP contribution < -0.4 is 4.74 Å². The van der Waals surface area contributed by atoms with E-state index in [0.717, 1.165) is 6.20 Å². The van der Waals surface area contributed by atoms with Crippen LogP contribution >= 0.6 is 39.1 Å². The van der Waals surface area contributed by atoms with Gasteiger partial charge in [0.1, 0.15) is 5.02 Å². The van der Waals surface area contributed by atoms with Crippen LogP contribution in [0.25, 0.3) is 0 Å². The Morgan fingerprint density at radius 2 is 1.93 bits per heavy atom. The van der Waals surface area contributed by atoms with Crippen molar-refractivity contribution in [2.75, 3.05) is 0 Å². The van der Waals surface area contributed by atoms with Gasteiger partial charge in [0.2, 0.25) is 0 Å². The zero-order chi connectivity index (χ0) is 10.9. The summed E-state index contributed by atoms with van der Waals surface area (Å²) in [5.74, 6) is -0.598. The minimum atomic E-state index is -4.82. The van der Waals surface area contributed by atoms with E-state index in [2.05, 4.69) is 25.7 Å². The molecular formula is C6HBrCl2F3NO. The lowest BCUT2D eigenvalue weighted by Gasteiger charge is -2.11. The standard InChI is InChI=1S/C6HBrCl2F3NO/c7-2-1-13-5(9)3(8)4(2)14-6(10,11)12/h1H. The predicted octanol–water partition coefficient (Wildman–Crippen LogP) is 4.05. The first-order valence-electron chi connectivity index (χ1n) is 3.06. The highest BCUT2D eigenvalue weighted by atomic mass is 79.9. The van der Waals surface area contributed by atoms with E-state index in [1.807, 2.05) is 0 Å². The molecule has 2 nitrogen and oxygen atoms in total. The van der Waals surface area contributed by atoms with E-state index >= 15 is 0 Å². The summed E-state index contributed by atoms with van der Waals surface area (Å²) in [6.07, 6.45) is -3.76. The average molecular weight is 311 g/mol. The summed E-state index contributed by atoms with van der Waals surface area (Å²) in [4.78, 5) is 3.51. The first-order chi connectivity index (χ1) is 6.31. The molecule has 0 aliphatic heterocycles. The van der Waals surface area contributed by atoms with Crippen LogP contribution in [-0.2, 0) is 0 Å². The highest BCUT2D eigenvalue weighted by molar-refractivity contribution is 9.10. The van der Waals surface area contributed by atoms with Crippen LogP contribution in [-0.4, -0.2) is 11.3 Å². The molecule has 1 aromatic heterocycles. The van der Waals surface area contributed by atoms with Crippen molar-refractivity contribution in [2.24, 2.45) is 0 Å². The zero-order valence-corrected chi connectivity index (χ0v) is 9.30. The fraction of sp³-hybridized carbons (Fsp3) is 0.167. The lowest BCUT2D eigenvalue weighted by molar-refractivity contribution is -0.274. The van der Waals surface area contributed by atoms with E-state index in [9.17, 15) is 13.2 Å². The maximum absolute atomic E-state index is 11.9. The molecule has 0 aliphatic rings. The Bertz CT molecular complexity index is 358. The Hall–Kier alpha value is -0.200. The molecule has 0 atom stereocenters. The summed E-state index contributed by atoms with van der Waals surface area (Å²) in [5, 5.41) is -0.646. The Balaban J connectivity index is 3.13. The van der Waals surface area contributed by atoms with Crippen LogP contribution in [0.4, 0.5) is 13.2 Å². The zero-order valence-electron chi connectivity index (χ0n) is 6.20. The second kappa shape index (κ2) is 4.12. The fourth-order valence-corrected chi connectivity index (χ4v) is 1.46. The highest BCUT2D eigenvalue weighted by Crippen LogP contribution is 2.39. The van der Waals surface area contributed by atoms with Gasteiger partial charge in [-0.3, -0.25) is 0 Å². The van der Waals surface area contributed by atoms with E-state index in [1.165, 1.54) is 0 Å². The molecule has 0 saturated carbocycles. The molecule has 1 heterocycles. The third kappa shape index (κ3) is 2.90. The second-order valence-electron chi connectivity index (χ2n) is 2.09. The summed E-state index contributed by atoms with van der Waals surface area (Å²) in [6, 6.07) is 0. The number of rotatable bonds is 1. The molecule has 1 rings (SSSR count). The lowest BCUT2D eigenvalue weighted by atomic mass is 10.4. The average Bonchev–Trinajstić information content (AvgIpc) is 2.04. The number of halogens is 6. The first kappa shape index (κ1) is 11.9. The van der Waals surface area contributed by atoms with Gasteiger partial charge in [0.15, 0.2) is 10.9 Å². The summed E-state index contributed by atoms with van der Waals surface area (Å²) in [5.41, 5.74) is 0. The molecule has 0 bridgehead atoms. The molecule has 0 unspecified atom stereocenters. The summed E-state index contributed by atoms with van der Waals surface area (Å²) >= 11 is 13.7. The number of pyridine rings is 1. The van der Waals surface area contributed by atoms with E-state index in [0.29, 0.717) is 0 Å². The van der Waals surface area contributed by atoms with Gasteiger partial charge in [0, 0.05) is 6.20 Å². The number of nitrogens with zero attached hydrogens (tertiary/aromatic N) is 1. The van der Waals surface area contributed by atoms with Crippen LogP contribution in [0.15, 0.2) is 10.7 Å². The van der Waals surface area contributed by atoms with E-state index in [-0.39, 0.29) is 9.63 Å². The maximum atomic E-state index is 11.9. The van der Waals surface area contributed by atoms with Gasteiger partial charge in [-0.1, -0.05) is 23.2 Å². The van der Waals surface area contributed by atoms with Crippen LogP contribution in [0.3, 0.4) is 0 Å². The van der Waals surface area contributed by atoms with Gasteiger partial charge < -0.3 is 4.74 Å². The van der Waals surface area contributed by atoms with Crippen molar-refractivity contribution in [3.05, 3.63) is 20.8 Å². The van der Waals surface area contributed by atoms with Gasteiger partial charge in [0.05, 0.1) is 4.47 Å². The van der Waals surface area contributed by atoms with Crippen LogP contribution in [0.2, 0.25) is 10.2 Å². The van der Waals surface area contributed by atoms with Crippen LogP contribution in [0.5, 0.6) is 5.75 Å². The smallest absolute Gasteiger partial charge is 0.403 e. The van der Waals surface area contributed by atoms with Gasteiger partial charge in [-0.25, -0.2) is 4.98 Å². The van der Waals surface area contributed by atoms with Crippen molar-refractivity contribution in [3.8, 4) is 5.75 Å². The largest absolute Gasteiger partial charge is 0.573 e. The summed E-state index contributed by atoms with van der Waals surface area (Å²) < 4.78 is 39.2. The number of ether oxygens (including phenoxy) is 1. The minimum absolute atomic E-state index is 0.0239. The molecule has 0 amide bonds. The third-order valence-corrected chi connectivity index (χ3v) is 2.41. The number of hydrogen-bond donors (Lipinski definition) is 0. The number of hydrogen-bond acceptors (Lipinski definition) is 2. The number of alkyl halides is 3. The highest BCUT2D eigenvalue weighted by Gasteiger charge is 2.33. The monoisotopic (exact) mass is 309 g/mol. The topological polar surface area (TPSA) is 22.1 Å². The van der Waals surface area contributed by atoms with Gasteiger partial charge in [-0.05, 0) is 15.9 Å². The Kier molecular flexibility index (Phi) is 3.49. The van der Waals surface area contributed by atoms with Crippen molar-refractivity contribution in [2.45, 2.75) is 6.36 Å². The summed E-state index contributed by atoms with van der Waals surface area (Å²) in [6.45, 7) is 0. The fourth-order valence-electron chi connectivity index (χ4n) is 0.636. The van der Waals surface area contributed by atoms with Crippen molar-refractivity contribution < 1.29 is 17.9 Å². The van der Waals surface area contributed by atoms with E-state index in [1.54, 1.807) is 0 Å². The van der Waals surface area contributed by atoms with Crippen molar-refractivity contribution >= 4 is 39.1 Å². The minimum Gasteiger partial charge on any atom is -0.403 e. The van der Waals surface area contributed by atoms with Gasteiger partial charge in [0.25, 0.3) is 0 Å². The molecule has 1 aromatic rings. The second-order valence-corrected chi connectivity index (χ2v) is 3.68. The van der Waals surface area contributed by atoms with Crippen LogP contribution in [0, 0.1) is 0 Å². The molecule has 78 valence electrons. The molecule has 8 heteroatoms. The normalized spacial score (nSPS) is 11.6. The molecule has 0 N–H and O–H groups in total. The van der Waals surface area contributed by atoms with Crippen LogP contribution in [0.1, 0.15) is 0 Å². The van der Waals surface area contributed by atoms with Crippen molar-refractivity contribution in [1.82, 2.24) is 4.98 Å². The van der Waals surface area contributed by atoms with Gasteiger partial charge in [-0.15, -0.1) is 13.2 Å². The maximum Gasteiger partial charge on any atom is 0.573 e. The van der Waals surface area contributed by atoms with Gasteiger partial charge in [-0.2, -0.15) is 0 Å². The first-order valence-corrected chi connectivity index (χ1v) is 4.61. The molecule has 14 heavy (non-hydrogen) atoms. The van der Waals surface area contributed by atoms with Gasteiger partial charge >= 0.3 is 6.36 Å². The molecule has 0 spiro atoms. The molecule has 0 saturated heterocycles. The third-order valence-electron chi connectivity index (χ3n) is 1.11. The Morgan fingerprint density at radius 1 is 1.36 bits per heavy atom. The Morgan fingerprint density at radius 3 is 2.43 bits per heavy atom. The summed E-state index contributed by atoms with van der Waals surface area (Å²) in [7, 11) is 0. The van der Waals surface area contributed by atoms with Crippen molar-refractivity contribution in [3.63, 3.8) is 0 Å². The SMILES string of the molecule is FC(F)(F)Oc1c(Br)cnc(Cl)c1Cl. The quantitative estimate of drug-likeness (QED) is 0.730. The predicted molar refractivity (Wildman–Crippen MR) is 48.6 cm³/mol. The molecule has 0 aromatic carbocycles. The van der Waals surface area contributed by atoms with E-state index in [4.69, 9.17) is 23.2 Å². The Labute approximate surface area is 95.1 Å². The molecular weight excluding hydrogens is 310 g/mol. The molecule has 0 fully saturated rings. The lowest BCUT2D eigenvalue weighted by Crippen LogP contribution is -2.17.